The van der Waals surface area contributed by atoms with Crippen LogP contribution in [0.5, 0.6) is 0 Å². The highest BCUT2D eigenvalue weighted by Crippen LogP contribution is 2.29. The molecule has 0 amide bonds. The lowest BCUT2D eigenvalue weighted by Gasteiger charge is -2.31. The summed E-state index contributed by atoms with van der Waals surface area (Å²) < 4.78 is 0. The molecule has 1 aliphatic rings. The summed E-state index contributed by atoms with van der Waals surface area (Å²) in [6, 6.07) is 4.53. The Morgan fingerprint density at radius 2 is 2.24 bits per heavy atom. The second-order valence-corrected chi connectivity index (χ2v) is 6.05. The lowest BCUT2D eigenvalue weighted by atomic mass is 9.80. The van der Waals surface area contributed by atoms with Crippen LogP contribution in [-0.2, 0) is 17.8 Å². The third-order valence-corrected chi connectivity index (χ3v) is 4.58. The molecule has 1 aliphatic carbocycles. The highest BCUT2D eigenvalue weighted by molar-refractivity contribution is 7.12. The van der Waals surface area contributed by atoms with Crippen molar-refractivity contribution in [1.82, 2.24) is 5.32 Å². The van der Waals surface area contributed by atoms with Crippen molar-refractivity contribution in [3.63, 3.8) is 0 Å². The summed E-state index contributed by atoms with van der Waals surface area (Å²) in [5.74, 6) is 0.0858. The average Bonchev–Trinajstić information content (AvgIpc) is 2.59. The van der Waals surface area contributed by atoms with Crippen molar-refractivity contribution in [2.24, 2.45) is 5.92 Å². The Kier molecular flexibility index (Phi) is 4.18. The van der Waals surface area contributed by atoms with Gasteiger partial charge >= 0.3 is 5.97 Å². The van der Waals surface area contributed by atoms with E-state index in [2.05, 4.69) is 12.2 Å². The zero-order valence-electron chi connectivity index (χ0n) is 10.1. The van der Waals surface area contributed by atoms with Gasteiger partial charge in [-0.3, -0.25) is 4.79 Å². The van der Waals surface area contributed by atoms with E-state index in [4.69, 9.17) is 5.11 Å². The Hall–Kier alpha value is -0.870. The molecular weight excluding hydrogens is 234 g/mol. The van der Waals surface area contributed by atoms with E-state index in [0.717, 1.165) is 17.3 Å². The summed E-state index contributed by atoms with van der Waals surface area (Å²) in [5.41, 5.74) is 0. The van der Waals surface area contributed by atoms with Gasteiger partial charge in [0.25, 0.3) is 0 Å². The fourth-order valence-electron chi connectivity index (χ4n) is 2.13. The average molecular weight is 253 g/mol. The van der Waals surface area contributed by atoms with E-state index in [1.165, 1.54) is 24.1 Å². The molecule has 0 saturated heterocycles. The number of hydrogen-bond acceptors (Lipinski definition) is 3. The molecule has 0 radical (unpaired) electrons. The first-order valence-corrected chi connectivity index (χ1v) is 6.99. The second-order valence-electron chi connectivity index (χ2n) is 4.80. The molecule has 94 valence electrons. The largest absolute Gasteiger partial charge is 0.481 e. The van der Waals surface area contributed by atoms with Crippen LogP contribution >= 0.6 is 11.3 Å². The van der Waals surface area contributed by atoms with Crippen molar-refractivity contribution < 1.29 is 9.90 Å². The van der Waals surface area contributed by atoms with Crippen molar-refractivity contribution in [3.8, 4) is 0 Å². The highest BCUT2D eigenvalue weighted by Gasteiger charge is 2.23. The molecule has 1 fully saturated rings. The number of carbonyl (C=O) groups is 1. The second kappa shape index (κ2) is 5.65. The molecule has 0 aromatic carbocycles. The number of carboxylic acid groups (broad SMARTS) is 1. The predicted molar refractivity (Wildman–Crippen MR) is 69.3 cm³/mol. The molecule has 1 atom stereocenters. The number of thiophene rings is 1. The minimum atomic E-state index is -0.755. The van der Waals surface area contributed by atoms with E-state index in [9.17, 15) is 4.79 Å². The van der Waals surface area contributed by atoms with E-state index < -0.39 is 5.97 Å². The van der Waals surface area contributed by atoms with E-state index in [0.29, 0.717) is 6.04 Å². The molecule has 0 bridgehead atoms. The summed E-state index contributed by atoms with van der Waals surface area (Å²) in [7, 11) is 0. The lowest BCUT2D eigenvalue weighted by Crippen LogP contribution is -2.36. The summed E-state index contributed by atoms with van der Waals surface area (Å²) in [6.07, 6.45) is 4.22. The van der Waals surface area contributed by atoms with Gasteiger partial charge in [0, 0.05) is 22.3 Å². The Balaban J connectivity index is 1.78. The zero-order valence-corrected chi connectivity index (χ0v) is 10.9. The van der Waals surface area contributed by atoms with E-state index >= 15 is 0 Å². The fourth-order valence-corrected chi connectivity index (χ4v) is 3.09. The number of carboxylic acids is 1. The van der Waals surface area contributed by atoms with Gasteiger partial charge < -0.3 is 10.4 Å². The van der Waals surface area contributed by atoms with Gasteiger partial charge in [-0.2, -0.15) is 0 Å². The van der Waals surface area contributed by atoms with Crippen molar-refractivity contribution in [1.29, 1.82) is 0 Å². The predicted octanol–water partition coefficient (Wildman–Crippen LogP) is 2.65. The van der Waals surface area contributed by atoms with Gasteiger partial charge in [-0.1, -0.05) is 6.42 Å². The van der Waals surface area contributed by atoms with Gasteiger partial charge in [-0.05, 0) is 37.8 Å². The van der Waals surface area contributed by atoms with Crippen LogP contribution in [0.1, 0.15) is 35.9 Å². The molecule has 1 heterocycles. The van der Waals surface area contributed by atoms with E-state index in [1.807, 2.05) is 12.1 Å². The molecule has 0 spiro atoms. The number of nitrogens with one attached hydrogen (secondary N) is 1. The maximum Gasteiger partial charge on any atom is 0.308 e. The molecule has 0 aliphatic heterocycles. The molecular formula is C13H19NO2S. The Labute approximate surface area is 106 Å². The van der Waals surface area contributed by atoms with Gasteiger partial charge in [-0.15, -0.1) is 11.3 Å². The zero-order chi connectivity index (χ0) is 12.3. The molecule has 1 aromatic rings. The van der Waals surface area contributed by atoms with Crippen molar-refractivity contribution in [2.75, 3.05) is 0 Å². The van der Waals surface area contributed by atoms with E-state index in [1.54, 1.807) is 11.3 Å². The maximum absolute atomic E-state index is 10.6. The first kappa shape index (κ1) is 12.6. The molecule has 3 nitrogen and oxygen atoms in total. The minimum absolute atomic E-state index is 0.142. The first-order valence-electron chi connectivity index (χ1n) is 6.18. The number of aliphatic carboxylic acids is 1. The molecule has 2 N–H and O–H groups in total. The summed E-state index contributed by atoms with van der Waals surface area (Å²) >= 11 is 1.60. The third-order valence-electron chi connectivity index (χ3n) is 3.50. The van der Waals surface area contributed by atoms with Crippen LogP contribution in [0.15, 0.2) is 12.1 Å². The topological polar surface area (TPSA) is 49.3 Å². The summed E-state index contributed by atoms with van der Waals surface area (Å²) in [4.78, 5) is 12.7. The minimum Gasteiger partial charge on any atom is -0.481 e. The molecule has 1 aromatic heterocycles. The molecule has 1 saturated carbocycles. The van der Waals surface area contributed by atoms with Crippen LogP contribution in [0.3, 0.4) is 0 Å². The Bertz CT molecular complexity index is 385. The van der Waals surface area contributed by atoms with Crippen LogP contribution in [0.25, 0.3) is 0 Å². The Morgan fingerprint density at radius 1 is 1.53 bits per heavy atom. The normalized spacial score (nSPS) is 17.7. The number of hydrogen-bond donors (Lipinski definition) is 2. The molecule has 1 unspecified atom stereocenters. The summed E-state index contributed by atoms with van der Waals surface area (Å²) in [5, 5.41) is 12.2. The van der Waals surface area contributed by atoms with Gasteiger partial charge in [0.05, 0.1) is 6.42 Å². The van der Waals surface area contributed by atoms with Crippen LogP contribution < -0.4 is 5.32 Å². The van der Waals surface area contributed by atoms with Gasteiger partial charge in [-0.25, -0.2) is 0 Å². The molecule has 2 rings (SSSR count). The maximum atomic E-state index is 10.6. The van der Waals surface area contributed by atoms with Crippen molar-refractivity contribution in [2.45, 2.75) is 45.2 Å². The number of rotatable bonds is 6. The third kappa shape index (κ3) is 3.54. The first-order chi connectivity index (χ1) is 8.15. The van der Waals surface area contributed by atoms with Crippen molar-refractivity contribution in [3.05, 3.63) is 21.9 Å². The van der Waals surface area contributed by atoms with Gasteiger partial charge in [0.1, 0.15) is 0 Å². The molecule has 4 heteroatoms. The standard InChI is InChI=1S/C13H19NO2S/c1-9(10-3-2-4-10)14-8-12-6-5-11(17-12)7-13(15)16/h5-6,9-10,14H,2-4,7-8H2,1H3,(H,15,16). The van der Waals surface area contributed by atoms with Crippen LogP contribution in [-0.4, -0.2) is 17.1 Å². The Morgan fingerprint density at radius 3 is 2.82 bits per heavy atom. The smallest absolute Gasteiger partial charge is 0.308 e. The van der Waals surface area contributed by atoms with Crippen LogP contribution in [0.4, 0.5) is 0 Å². The van der Waals surface area contributed by atoms with Gasteiger partial charge in [0.15, 0.2) is 0 Å². The lowest BCUT2D eigenvalue weighted by molar-refractivity contribution is -0.136. The SMILES string of the molecule is CC(NCc1ccc(CC(=O)O)s1)C1CCC1. The van der Waals surface area contributed by atoms with Gasteiger partial charge in [0.2, 0.25) is 0 Å². The quantitative estimate of drug-likeness (QED) is 0.819. The monoisotopic (exact) mass is 253 g/mol. The van der Waals surface area contributed by atoms with E-state index in [-0.39, 0.29) is 6.42 Å². The fraction of sp³-hybridized carbons (Fsp3) is 0.615. The van der Waals surface area contributed by atoms with Crippen molar-refractivity contribution >= 4 is 17.3 Å². The molecule has 17 heavy (non-hydrogen) atoms. The summed E-state index contributed by atoms with van der Waals surface area (Å²) in [6.45, 7) is 3.11. The highest BCUT2D eigenvalue weighted by atomic mass is 32.1. The van der Waals surface area contributed by atoms with Crippen LogP contribution in [0.2, 0.25) is 0 Å². The van der Waals surface area contributed by atoms with Crippen LogP contribution in [0, 0.1) is 5.92 Å².